The van der Waals surface area contributed by atoms with E-state index in [9.17, 15) is 14.4 Å². The number of carbonyl (C=O) groups excluding carboxylic acids is 2. The number of ether oxygens (including phenoxy) is 2. The number of fused-ring (bicyclic) bond motifs is 1. The van der Waals surface area contributed by atoms with Gasteiger partial charge in [0.15, 0.2) is 0 Å². The summed E-state index contributed by atoms with van der Waals surface area (Å²) in [5, 5.41) is 11.0. The van der Waals surface area contributed by atoms with E-state index in [2.05, 4.69) is 20.7 Å². The Morgan fingerprint density at radius 3 is 2.49 bits per heavy atom. The minimum absolute atomic E-state index is 0.00550. The van der Waals surface area contributed by atoms with Crippen LogP contribution in [0.3, 0.4) is 0 Å². The molecule has 0 fully saturated rings. The summed E-state index contributed by atoms with van der Waals surface area (Å²) in [6, 6.07) is 18.3. The zero-order valence-corrected chi connectivity index (χ0v) is 22.4. The number of aryl methyl sites for hydroxylation is 1. The van der Waals surface area contributed by atoms with Gasteiger partial charge in [0.1, 0.15) is 29.2 Å². The lowest BCUT2D eigenvalue weighted by atomic mass is 10.0. The predicted molar refractivity (Wildman–Crippen MR) is 149 cm³/mol. The van der Waals surface area contributed by atoms with E-state index in [1.54, 1.807) is 52.1 Å². The van der Waals surface area contributed by atoms with Crippen molar-refractivity contribution in [2.75, 3.05) is 18.5 Å². The third-order valence-corrected chi connectivity index (χ3v) is 5.62. The van der Waals surface area contributed by atoms with Crippen LogP contribution in [0.5, 0.6) is 0 Å². The largest absolute Gasteiger partial charge is 0.460 e. The first-order valence-corrected chi connectivity index (χ1v) is 12.6. The molecular weight excluding hydrogens is 498 g/mol. The van der Waals surface area contributed by atoms with Gasteiger partial charge in [-0.15, -0.1) is 0 Å². The van der Waals surface area contributed by atoms with Crippen molar-refractivity contribution in [2.24, 2.45) is 0 Å². The fourth-order valence-electron chi connectivity index (χ4n) is 3.93. The molecular formula is C29H31N5O5. The van der Waals surface area contributed by atoms with Gasteiger partial charge < -0.3 is 20.1 Å². The normalized spacial score (nSPS) is 11.2. The average Bonchev–Trinajstić information content (AvgIpc) is 2.91. The molecule has 0 atom stereocenters. The molecule has 0 saturated carbocycles. The van der Waals surface area contributed by atoms with Gasteiger partial charge in [-0.25, -0.2) is 14.3 Å². The Labute approximate surface area is 226 Å². The number of alkyl carbamates (subject to hydrolysis) is 1. The van der Waals surface area contributed by atoms with Gasteiger partial charge in [-0.05, 0) is 52.0 Å². The molecule has 2 aromatic heterocycles. The molecule has 1 amide bonds. The van der Waals surface area contributed by atoms with E-state index in [1.807, 2.05) is 42.5 Å². The molecule has 0 spiro atoms. The minimum Gasteiger partial charge on any atom is -0.460 e. The number of nitrogens with one attached hydrogen (secondary N) is 2. The van der Waals surface area contributed by atoms with Crippen molar-refractivity contribution >= 4 is 34.3 Å². The molecule has 0 radical (unpaired) electrons. The maximum Gasteiger partial charge on any atom is 0.407 e. The number of aromatic nitrogens is 3. The van der Waals surface area contributed by atoms with Crippen LogP contribution in [0.4, 0.5) is 16.2 Å². The van der Waals surface area contributed by atoms with Gasteiger partial charge in [0, 0.05) is 29.4 Å². The van der Waals surface area contributed by atoms with E-state index in [0.29, 0.717) is 23.5 Å². The molecule has 2 aromatic carbocycles. The number of benzene rings is 2. The number of nitrogens with zero attached hydrogens (tertiary/aromatic N) is 3. The summed E-state index contributed by atoms with van der Waals surface area (Å²) in [4.78, 5) is 43.4. The van der Waals surface area contributed by atoms with Crippen LogP contribution in [-0.2, 0) is 16.0 Å². The van der Waals surface area contributed by atoms with Crippen LogP contribution in [0.15, 0.2) is 71.7 Å². The second-order valence-corrected chi connectivity index (χ2v) is 9.65. The standard InChI is InChI=1S/C29H31N5O5/c1-5-34-26(35)25(32-22-15-9-14-21-20(22)13-10-16-30-21)23(24(33-34)19-11-7-6-8-12-19)27(36)38-18-17-31-28(37)39-29(2,3)4/h6-16,32H,5,17-18H2,1-4H3,(H,31,37). The molecule has 0 saturated heterocycles. The summed E-state index contributed by atoms with van der Waals surface area (Å²) < 4.78 is 12.0. The predicted octanol–water partition coefficient (Wildman–Crippen LogP) is 4.90. The lowest BCUT2D eigenvalue weighted by Crippen LogP contribution is -2.34. The number of hydrogen-bond donors (Lipinski definition) is 2. The lowest BCUT2D eigenvalue weighted by Gasteiger charge is -2.20. The average molecular weight is 530 g/mol. The number of pyridine rings is 1. The Morgan fingerprint density at radius 1 is 1.00 bits per heavy atom. The third-order valence-electron chi connectivity index (χ3n) is 5.62. The molecule has 0 bridgehead atoms. The van der Waals surface area contributed by atoms with Crippen LogP contribution in [0.1, 0.15) is 38.1 Å². The van der Waals surface area contributed by atoms with Crippen LogP contribution >= 0.6 is 0 Å². The van der Waals surface area contributed by atoms with Crippen molar-refractivity contribution in [1.82, 2.24) is 20.1 Å². The first-order valence-electron chi connectivity index (χ1n) is 12.6. The molecule has 4 rings (SSSR count). The summed E-state index contributed by atoms with van der Waals surface area (Å²) in [5.41, 5.74) is 1.17. The minimum atomic E-state index is -0.756. The van der Waals surface area contributed by atoms with E-state index in [-0.39, 0.29) is 24.4 Å². The maximum atomic E-state index is 13.5. The molecule has 2 N–H and O–H groups in total. The van der Waals surface area contributed by atoms with Crippen LogP contribution in [0, 0.1) is 0 Å². The Balaban J connectivity index is 1.73. The van der Waals surface area contributed by atoms with Gasteiger partial charge >= 0.3 is 12.1 Å². The van der Waals surface area contributed by atoms with E-state index in [4.69, 9.17) is 9.47 Å². The molecule has 10 nitrogen and oxygen atoms in total. The molecule has 2 heterocycles. The fourth-order valence-corrected chi connectivity index (χ4v) is 3.93. The quantitative estimate of drug-likeness (QED) is 0.244. The molecule has 0 aliphatic rings. The van der Waals surface area contributed by atoms with Gasteiger partial charge in [0.25, 0.3) is 5.56 Å². The number of amides is 1. The molecule has 39 heavy (non-hydrogen) atoms. The summed E-state index contributed by atoms with van der Waals surface area (Å²) in [7, 11) is 0. The Hall–Kier alpha value is -4.73. The highest BCUT2D eigenvalue weighted by atomic mass is 16.6. The van der Waals surface area contributed by atoms with Gasteiger partial charge in [-0.3, -0.25) is 9.78 Å². The molecule has 0 aliphatic carbocycles. The summed E-state index contributed by atoms with van der Waals surface area (Å²) in [6.45, 7) is 7.24. The van der Waals surface area contributed by atoms with E-state index in [1.165, 1.54) is 4.68 Å². The molecule has 4 aromatic rings. The highest BCUT2D eigenvalue weighted by Crippen LogP contribution is 2.30. The summed E-state index contributed by atoms with van der Waals surface area (Å²) in [6.07, 6.45) is 1.06. The number of rotatable bonds is 8. The fraction of sp³-hybridized carbons (Fsp3) is 0.276. The third kappa shape index (κ3) is 6.59. The van der Waals surface area contributed by atoms with E-state index >= 15 is 0 Å². The molecule has 0 unspecified atom stereocenters. The van der Waals surface area contributed by atoms with Crippen molar-refractivity contribution in [3.63, 3.8) is 0 Å². The monoisotopic (exact) mass is 529 g/mol. The highest BCUT2D eigenvalue weighted by molar-refractivity contribution is 6.03. The Bertz CT molecular complexity index is 1540. The van der Waals surface area contributed by atoms with E-state index in [0.717, 1.165) is 10.9 Å². The van der Waals surface area contributed by atoms with Gasteiger partial charge in [0.05, 0.1) is 12.1 Å². The number of anilines is 2. The Kier molecular flexibility index (Phi) is 8.24. The van der Waals surface area contributed by atoms with Crippen LogP contribution in [0.25, 0.3) is 22.2 Å². The number of carbonyl (C=O) groups is 2. The van der Waals surface area contributed by atoms with Crippen molar-refractivity contribution in [1.29, 1.82) is 0 Å². The molecule has 10 heteroatoms. The Morgan fingerprint density at radius 2 is 1.77 bits per heavy atom. The van der Waals surface area contributed by atoms with E-state index < -0.39 is 23.2 Å². The maximum absolute atomic E-state index is 13.5. The molecule has 202 valence electrons. The zero-order valence-electron chi connectivity index (χ0n) is 22.4. The number of esters is 1. The van der Waals surface area contributed by atoms with Gasteiger partial charge in [-0.1, -0.05) is 36.4 Å². The smallest absolute Gasteiger partial charge is 0.407 e. The van der Waals surface area contributed by atoms with Crippen LogP contribution in [-0.4, -0.2) is 45.6 Å². The van der Waals surface area contributed by atoms with Crippen LogP contribution in [0.2, 0.25) is 0 Å². The SMILES string of the molecule is CCn1nc(-c2ccccc2)c(C(=O)OCCNC(=O)OC(C)(C)C)c(Nc2cccc3ncccc23)c1=O. The summed E-state index contributed by atoms with van der Waals surface area (Å²) in [5.74, 6) is -0.756. The topological polar surface area (TPSA) is 124 Å². The van der Waals surface area contributed by atoms with Crippen molar-refractivity contribution in [3.8, 4) is 11.3 Å². The van der Waals surface area contributed by atoms with Crippen molar-refractivity contribution < 1.29 is 19.1 Å². The van der Waals surface area contributed by atoms with Crippen LogP contribution < -0.4 is 16.2 Å². The van der Waals surface area contributed by atoms with Crippen molar-refractivity contribution in [3.05, 3.63) is 82.8 Å². The first kappa shape index (κ1) is 27.3. The lowest BCUT2D eigenvalue weighted by molar-refractivity contribution is 0.0434. The first-order chi connectivity index (χ1) is 18.7. The van der Waals surface area contributed by atoms with Crippen molar-refractivity contribution in [2.45, 2.75) is 39.8 Å². The number of hydrogen-bond acceptors (Lipinski definition) is 8. The zero-order chi connectivity index (χ0) is 28.0. The highest BCUT2D eigenvalue weighted by Gasteiger charge is 2.26. The summed E-state index contributed by atoms with van der Waals surface area (Å²) >= 11 is 0. The van der Waals surface area contributed by atoms with Gasteiger partial charge in [0.2, 0.25) is 0 Å². The molecule has 0 aliphatic heterocycles. The second kappa shape index (κ2) is 11.8. The second-order valence-electron chi connectivity index (χ2n) is 9.65. The van der Waals surface area contributed by atoms with Gasteiger partial charge in [-0.2, -0.15) is 5.10 Å².